The zero-order chi connectivity index (χ0) is 15.2. The van der Waals surface area contributed by atoms with E-state index in [0.29, 0.717) is 22.6 Å². The standard InChI is InChI=1S/C16H14O4S/c1-19-15-5-3-13(7-11(15)9-17)21-14-4-6-16(20-2)12(8-14)10-18/h3-10H,1-2H3. The molecule has 0 bridgehead atoms. The SMILES string of the molecule is COc1ccc(Sc2ccc(OC)c(C=O)c2)cc1C=O. The second kappa shape index (κ2) is 6.95. The van der Waals surface area contributed by atoms with Gasteiger partial charge < -0.3 is 9.47 Å². The highest BCUT2D eigenvalue weighted by Gasteiger charge is 2.07. The molecule has 0 aliphatic carbocycles. The maximum absolute atomic E-state index is 11.0. The van der Waals surface area contributed by atoms with Crippen LogP contribution in [-0.4, -0.2) is 26.8 Å². The van der Waals surface area contributed by atoms with E-state index >= 15 is 0 Å². The topological polar surface area (TPSA) is 52.6 Å². The van der Waals surface area contributed by atoms with E-state index in [1.54, 1.807) is 24.3 Å². The van der Waals surface area contributed by atoms with Gasteiger partial charge in [-0.3, -0.25) is 9.59 Å². The van der Waals surface area contributed by atoms with Crippen molar-refractivity contribution in [1.29, 1.82) is 0 Å². The Morgan fingerprint density at radius 2 is 1.24 bits per heavy atom. The van der Waals surface area contributed by atoms with Crippen molar-refractivity contribution in [2.75, 3.05) is 14.2 Å². The van der Waals surface area contributed by atoms with Crippen molar-refractivity contribution in [3.63, 3.8) is 0 Å². The number of carbonyl (C=O) groups excluding carboxylic acids is 2. The zero-order valence-corrected chi connectivity index (χ0v) is 12.5. The Labute approximate surface area is 127 Å². The van der Waals surface area contributed by atoms with Gasteiger partial charge in [0.2, 0.25) is 0 Å². The lowest BCUT2D eigenvalue weighted by atomic mass is 10.2. The molecule has 2 aromatic rings. The summed E-state index contributed by atoms with van der Waals surface area (Å²) in [5, 5.41) is 0. The molecule has 2 aromatic carbocycles. The number of hydrogen-bond donors (Lipinski definition) is 0. The Bertz CT molecular complexity index is 610. The fraction of sp³-hybridized carbons (Fsp3) is 0.125. The number of rotatable bonds is 6. The molecular formula is C16H14O4S. The molecule has 4 nitrogen and oxygen atoms in total. The highest BCUT2D eigenvalue weighted by molar-refractivity contribution is 7.99. The predicted molar refractivity (Wildman–Crippen MR) is 80.9 cm³/mol. The molecule has 0 unspecified atom stereocenters. The minimum Gasteiger partial charge on any atom is -0.496 e. The summed E-state index contributed by atoms with van der Waals surface area (Å²) in [6.07, 6.45) is 1.52. The quantitative estimate of drug-likeness (QED) is 0.765. The maximum Gasteiger partial charge on any atom is 0.153 e. The van der Waals surface area contributed by atoms with Crippen LogP contribution < -0.4 is 9.47 Å². The van der Waals surface area contributed by atoms with Crippen LogP contribution in [0.2, 0.25) is 0 Å². The lowest BCUT2D eigenvalue weighted by Crippen LogP contribution is -1.91. The second-order valence-corrected chi connectivity index (χ2v) is 5.29. The molecule has 0 saturated heterocycles. The van der Waals surface area contributed by atoms with Gasteiger partial charge in [-0.1, -0.05) is 11.8 Å². The minimum atomic E-state index is 0.492. The van der Waals surface area contributed by atoms with E-state index in [9.17, 15) is 9.59 Å². The highest BCUT2D eigenvalue weighted by Crippen LogP contribution is 2.33. The molecule has 0 N–H and O–H groups in total. The first-order valence-corrected chi connectivity index (χ1v) is 6.97. The van der Waals surface area contributed by atoms with Crippen LogP contribution in [0.4, 0.5) is 0 Å². The summed E-state index contributed by atoms with van der Waals surface area (Å²) >= 11 is 1.46. The van der Waals surface area contributed by atoms with Crippen molar-refractivity contribution >= 4 is 24.3 Å². The van der Waals surface area contributed by atoms with Crippen LogP contribution >= 0.6 is 11.8 Å². The van der Waals surface area contributed by atoms with Crippen LogP contribution in [0, 0.1) is 0 Å². The Balaban J connectivity index is 2.29. The van der Waals surface area contributed by atoms with Crippen molar-refractivity contribution in [3.05, 3.63) is 47.5 Å². The van der Waals surface area contributed by atoms with Gasteiger partial charge in [-0.15, -0.1) is 0 Å². The summed E-state index contributed by atoms with van der Waals surface area (Å²) in [5.74, 6) is 1.08. The summed E-state index contributed by atoms with van der Waals surface area (Å²) in [5.41, 5.74) is 0.984. The third-order valence-corrected chi connectivity index (χ3v) is 3.87. The number of aldehydes is 2. The molecule has 5 heteroatoms. The molecule has 0 heterocycles. The van der Waals surface area contributed by atoms with Gasteiger partial charge in [0.15, 0.2) is 12.6 Å². The van der Waals surface area contributed by atoms with Crippen LogP contribution in [0.25, 0.3) is 0 Å². The van der Waals surface area contributed by atoms with Crippen molar-refractivity contribution in [1.82, 2.24) is 0 Å². The lowest BCUT2D eigenvalue weighted by molar-refractivity contribution is 0.111. The second-order valence-electron chi connectivity index (χ2n) is 4.15. The fourth-order valence-electron chi connectivity index (χ4n) is 1.87. The van der Waals surface area contributed by atoms with E-state index in [0.717, 1.165) is 22.4 Å². The van der Waals surface area contributed by atoms with E-state index in [1.165, 1.54) is 26.0 Å². The van der Waals surface area contributed by atoms with Crippen molar-refractivity contribution < 1.29 is 19.1 Å². The molecule has 108 valence electrons. The maximum atomic E-state index is 11.0. The van der Waals surface area contributed by atoms with Crippen LogP contribution in [0.1, 0.15) is 20.7 Å². The van der Waals surface area contributed by atoms with Crippen LogP contribution in [-0.2, 0) is 0 Å². The van der Waals surface area contributed by atoms with Crippen LogP contribution in [0.15, 0.2) is 46.2 Å². The summed E-state index contributed by atoms with van der Waals surface area (Å²) in [6, 6.07) is 10.7. The summed E-state index contributed by atoms with van der Waals surface area (Å²) in [4.78, 5) is 23.8. The smallest absolute Gasteiger partial charge is 0.153 e. The fourth-order valence-corrected chi connectivity index (χ4v) is 2.79. The number of hydrogen-bond acceptors (Lipinski definition) is 5. The molecule has 0 radical (unpaired) electrons. The number of benzene rings is 2. The Hall–Kier alpha value is -2.27. The summed E-state index contributed by atoms with van der Waals surface area (Å²) in [6.45, 7) is 0. The first-order chi connectivity index (χ1) is 10.2. The summed E-state index contributed by atoms with van der Waals surface area (Å²) in [7, 11) is 3.05. The number of methoxy groups -OCH3 is 2. The van der Waals surface area contributed by atoms with Gasteiger partial charge in [0.1, 0.15) is 11.5 Å². The van der Waals surface area contributed by atoms with E-state index in [4.69, 9.17) is 9.47 Å². The van der Waals surface area contributed by atoms with E-state index in [-0.39, 0.29) is 0 Å². The zero-order valence-electron chi connectivity index (χ0n) is 11.7. The molecule has 2 rings (SSSR count). The van der Waals surface area contributed by atoms with E-state index in [1.807, 2.05) is 12.1 Å². The van der Waals surface area contributed by atoms with Gasteiger partial charge in [0.25, 0.3) is 0 Å². The van der Waals surface area contributed by atoms with Gasteiger partial charge in [-0.2, -0.15) is 0 Å². The normalized spacial score (nSPS) is 10.0. The molecule has 0 aromatic heterocycles. The molecule has 0 saturated carbocycles. The van der Waals surface area contributed by atoms with Gasteiger partial charge in [0, 0.05) is 9.79 Å². The molecule has 0 fully saturated rings. The first kappa shape index (κ1) is 15.1. The monoisotopic (exact) mass is 302 g/mol. The first-order valence-electron chi connectivity index (χ1n) is 6.16. The lowest BCUT2D eigenvalue weighted by Gasteiger charge is -2.08. The Morgan fingerprint density at radius 1 is 0.810 bits per heavy atom. The third kappa shape index (κ3) is 3.44. The molecule has 0 aliphatic heterocycles. The van der Waals surface area contributed by atoms with Gasteiger partial charge >= 0.3 is 0 Å². The molecule has 0 spiro atoms. The Kier molecular flexibility index (Phi) is 5.00. The van der Waals surface area contributed by atoms with Crippen molar-refractivity contribution in [2.45, 2.75) is 9.79 Å². The Morgan fingerprint density at radius 3 is 1.57 bits per heavy atom. The molecule has 0 aliphatic rings. The van der Waals surface area contributed by atoms with Gasteiger partial charge in [0.05, 0.1) is 25.3 Å². The number of ether oxygens (including phenoxy) is 2. The van der Waals surface area contributed by atoms with Crippen LogP contribution in [0.3, 0.4) is 0 Å². The molecule has 0 amide bonds. The van der Waals surface area contributed by atoms with E-state index < -0.39 is 0 Å². The molecule has 21 heavy (non-hydrogen) atoms. The largest absolute Gasteiger partial charge is 0.496 e. The average Bonchev–Trinajstić information content (AvgIpc) is 2.54. The third-order valence-electron chi connectivity index (χ3n) is 2.89. The van der Waals surface area contributed by atoms with Crippen LogP contribution in [0.5, 0.6) is 11.5 Å². The highest BCUT2D eigenvalue weighted by atomic mass is 32.2. The molecule has 0 atom stereocenters. The van der Waals surface area contributed by atoms with Crippen molar-refractivity contribution in [2.24, 2.45) is 0 Å². The van der Waals surface area contributed by atoms with Crippen molar-refractivity contribution in [3.8, 4) is 11.5 Å². The average molecular weight is 302 g/mol. The minimum absolute atomic E-state index is 0.492. The predicted octanol–water partition coefficient (Wildman–Crippen LogP) is 3.48. The van der Waals surface area contributed by atoms with Gasteiger partial charge in [-0.05, 0) is 36.4 Å². The van der Waals surface area contributed by atoms with Gasteiger partial charge in [-0.25, -0.2) is 0 Å². The summed E-state index contributed by atoms with van der Waals surface area (Å²) < 4.78 is 10.2. The molecular weight excluding hydrogens is 288 g/mol. The number of carbonyl (C=O) groups is 2. The van der Waals surface area contributed by atoms with E-state index in [2.05, 4.69) is 0 Å².